The van der Waals surface area contributed by atoms with E-state index in [1.54, 1.807) is 0 Å². The summed E-state index contributed by atoms with van der Waals surface area (Å²) >= 11 is 7.55. The van der Waals surface area contributed by atoms with Crippen LogP contribution < -0.4 is 10.1 Å². The highest BCUT2D eigenvalue weighted by atomic mass is 35.5. The van der Waals surface area contributed by atoms with Crippen LogP contribution in [0.1, 0.15) is 13.3 Å². The monoisotopic (exact) mass is 262 g/mol. The Bertz CT molecular complexity index is 326. The van der Waals surface area contributed by atoms with Crippen molar-refractivity contribution in [1.82, 2.24) is 15.0 Å². The van der Waals surface area contributed by atoms with E-state index in [0.717, 1.165) is 18.7 Å². The van der Waals surface area contributed by atoms with Crippen LogP contribution in [0.3, 0.4) is 0 Å². The summed E-state index contributed by atoms with van der Waals surface area (Å²) in [5.74, 6) is 1.56. The van der Waals surface area contributed by atoms with Crippen molar-refractivity contribution in [1.29, 1.82) is 0 Å². The molecule has 1 aromatic heterocycles. The Morgan fingerprint density at radius 1 is 1.38 bits per heavy atom. The highest BCUT2D eigenvalue weighted by molar-refractivity contribution is 7.98. The number of hydrogen-bond donors (Lipinski definition) is 1. The van der Waals surface area contributed by atoms with Crippen LogP contribution in [-0.2, 0) is 0 Å². The van der Waals surface area contributed by atoms with Gasteiger partial charge in [-0.15, -0.1) is 0 Å². The SMILES string of the molecule is CCOc1nc(Cl)nc(NCCCSC)n1. The fraction of sp³-hybridized carbons (Fsp3) is 0.667. The maximum Gasteiger partial charge on any atom is 0.322 e. The van der Waals surface area contributed by atoms with Crippen LogP contribution in [0.15, 0.2) is 0 Å². The molecule has 5 nitrogen and oxygen atoms in total. The molecule has 0 aliphatic heterocycles. The molecule has 7 heteroatoms. The van der Waals surface area contributed by atoms with Crippen LogP contribution in [0.5, 0.6) is 6.01 Å². The van der Waals surface area contributed by atoms with Crippen molar-refractivity contribution in [3.8, 4) is 6.01 Å². The van der Waals surface area contributed by atoms with Crippen molar-refractivity contribution in [2.45, 2.75) is 13.3 Å². The third-order valence-electron chi connectivity index (χ3n) is 1.67. The number of hydrogen-bond acceptors (Lipinski definition) is 6. The summed E-state index contributed by atoms with van der Waals surface area (Å²) in [6.45, 7) is 3.18. The molecule has 0 amide bonds. The molecule has 1 aromatic rings. The number of nitrogens with one attached hydrogen (secondary N) is 1. The van der Waals surface area contributed by atoms with Crippen molar-refractivity contribution in [3.05, 3.63) is 5.28 Å². The first-order valence-electron chi connectivity index (χ1n) is 5.03. The van der Waals surface area contributed by atoms with Crippen molar-refractivity contribution in [2.75, 3.05) is 30.5 Å². The second kappa shape index (κ2) is 7.51. The minimum absolute atomic E-state index is 0.144. The molecule has 0 saturated carbocycles. The van der Waals surface area contributed by atoms with Gasteiger partial charge in [0.2, 0.25) is 11.2 Å². The van der Waals surface area contributed by atoms with E-state index in [-0.39, 0.29) is 11.3 Å². The van der Waals surface area contributed by atoms with Gasteiger partial charge < -0.3 is 10.1 Å². The lowest BCUT2D eigenvalue weighted by atomic mass is 10.5. The zero-order valence-electron chi connectivity index (χ0n) is 9.36. The maximum atomic E-state index is 5.74. The van der Waals surface area contributed by atoms with E-state index in [2.05, 4.69) is 26.5 Å². The van der Waals surface area contributed by atoms with Crippen LogP contribution in [0, 0.1) is 0 Å². The Morgan fingerprint density at radius 2 is 2.19 bits per heavy atom. The van der Waals surface area contributed by atoms with E-state index >= 15 is 0 Å². The van der Waals surface area contributed by atoms with Gasteiger partial charge in [0.05, 0.1) is 6.61 Å². The smallest absolute Gasteiger partial charge is 0.322 e. The zero-order chi connectivity index (χ0) is 11.8. The first kappa shape index (κ1) is 13.3. The van der Waals surface area contributed by atoms with Crippen LogP contribution in [0.4, 0.5) is 5.95 Å². The standard InChI is InChI=1S/C9H15ClN4OS/c1-3-15-9-13-7(10)12-8(14-9)11-5-4-6-16-2/h3-6H2,1-2H3,(H,11,12,13,14). The summed E-state index contributed by atoms with van der Waals surface area (Å²) in [6, 6.07) is 0.259. The van der Waals surface area contributed by atoms with Crippen LogP contribution in [0.2, 0.25) is 5.28 Å². The Hall–Kier alpha value is -0.750. The fourth-order valence-corrected chi connectivity index (χ4v) is 1.61. The highest BCUT2D eigenvalue weighted by Crippen LogP contribution is 2.11. The molecule has 1 rings (SSSR count). The van der Waals surface area contributed by atoms with Gasteiger partial charge in [-0.3, -0.25) is 0 Å². The van der Waals surface area contributed by atoms with Crippen LogP contribution >= 0.6 is 23.4 Å². The molecule has 0 aliphatic rings. The minimum Gasteiger partial charge on any atom is -0.464 e. The minimum atomic E-state index is 0.144. The molecule has 0 unspecified atom stereocenters. The molecule has 16 heavy (non-hydrogen) atoms. The summed E-state index contributed by atoms with van der Waals surface area (Å²) in [7, 11) is 0. The van der Waals surface area contributed by atoms with Crippen molar-refractivity contribution in [3.63, 3.8) is 0 Å². The average molecular weight is 263 g/mol. The molecule has 1 heterocycles. The van der Waals surface area contributed by atoms with E-state index in [4.69, 9.17) is 16.3 Å². The van der Waals surface area contributed by atoms with E-state index in [9.17, 15) is 0 Å². The molecular weight excluding hydrogens is 248 g/mol. The molecule has 0 aliphatic carbocycles. The molecule has 0 bridgehead atoms. The van der Waals surface area contributed by atoms with Crippen molar-refractivity contribution >= 4 is 29.3 Å². The van der Waals surface area contributed by atoms with E-state index in [1.165, 1.54) is 0 Å². The van der Waals surface area contributed by atoms with E-state index in [1.807, 2.05) is 18.7 Å². The lowest BCUT2D eigenvalue weighted by molar-refractivity contribution is 0.312. The number of rotatable bonds is 7. The molecule has 0 radical (unpaired) electrons. The van der Waals surface area contributed by atoms with Gasteiger partial charge in [-0.1, -0.05) is 0 Å². The van der Waals surface area contributed by atoms with Gasteiger partial charge in [-0.05, 0) is 37.0 Å². The molecule has 0 spiro atoms. The molecule has 0 fully saturated rings. The molecule has 0 aromatic carbocycles. The Kier molecular flexibility index (Phi) is 6.25. The summed E-state index contributed by atoms with van der Waals surface area (Å²) in [6.07, 6.45) is 3.13. The number of aromatic nitrogens is 3. The quantitative estimate of drug-likeness (QED) is 0.760. The summed E-state index contributed by atoms with van der Waals surface area (Å²) in [5, 5.41) is 3.22. The predicted octanol–water partition coefficient (Wildman–Crippen LogP) is 2.09. The molecular formula is C9H15ClN4OS. The van der Waals surface area contributed by atoms with Gasteiger partial charge in [-0.2, -0.15) is 26.7 Å². The number of anilines is 1. The van der Waals surface area contributed by atoms with Gasteiger partial charge in [0.15, 0.2) is 0 Å². The molecule has 0 atom stereocenters. The van der Waals surface area contributed by atoms with Gasteiger partial charge in [0.25, 0.3) is 0 Å². The van der Waals surface area contributed by atoms with Gasteiger partial charge in [-0.25, -0.2) is 0 Å². The average Bonchev–Trinajstić information content (AvgIpc) is 2.24. The summed E-state index contributed by atoms with van der Waals surface area (Å²) < 4.78 is 5.16. The van der Waals surface area contributed by atoms with Crippen molar-refractivity contribution < 1.29 is 4.74 Å². The Balaban J connectivity index is 2.51. The van der Waals surface area contributed by atoms with Gasteiger partial charge in [0.1, 0.15) is 0 Å². The van der Waals surface area contributed by atoms with Crippen LogP contribution in [-0.4, -0.2) is 40.1 Å². The van der Waals surface area contributed by atoms with E-state index < -0.39 is 0 Å². The molecule has 90 valence electrons. The topological polar surface area (TPSA) is 59.9 Å². The normalized spacial score (nSPS) is 10.2. The lowest BCUT2D eigenvalue weighted by Crippen LogP contribution is -2.08. The number of halogens is 1. The largest absolute Gasteiger partial charge is 0.464 e. The van der Waals surface area contributed by atoms with Crippen LogP contribution in [0.25, 0.3) is 0 Å². The third kappa shape index (κ3) is 4.85. The maximum absolute atomic E-state index is 5.74. The number of thioether (sulfide) groups is 1. The molecule has 0 saturated heterocycles. The first-order chi connectivity index (χ1) is 7.76. The van der Waals surface area contributed by atoms with Crippen molar-refractivity contribution in [2.24, 2.45) is 0 Å². The summed E-state index contributed by atoms with van der Waals surface area (Å²) in [5.41, 5.74) is 0. The molecule has 1 N–H and O–H groups in total. The zero-order valence-corrected chi connectivity index (χ0v) is 10.9. The second-order valence-corrected chi connectivity index (χ2v) is 4.24. The number of ether oxygens (including phenoxy) is 1. The van der Waals surface area contributed by atoms with E-state index in [0.29, 0.717) is 12.6 Å². The van der Waals surface area contributed by atoms with Gasteiger partial charge >= 0.3 is 6.01 Å². The Labute approximate surface area is 104 Å². The second-order valence-electron chi connectivity index (χ2n) is 2.92. The first-order valence-corrected chi connectivity index (χ1v) is 6.80. The predicted molar refractivity (Wildman–Crippen MR) is 67.5 cm³/mol. The lowest BCUT2D eigenvalue weighted by Gasteiger charge is -2.06. The number of nitrogens with zero attached hydrogens (tertiary/aromatic N) is 3. The Morgan fingerprint density at radius 3 is 2.88 bits per heavy atom. The third-order valence-corrected chi connectivity index (χ3v) is 2.54. The fourth-order valence-electron chi connectivity index (χ4n) is 1.02. The summed E-state index contributed by atoms with van der Waals surface area (Å²) in [4.78, 5) is 11.9. The van der Waals surface area contributed by atoms with Gasteiger partial charge in [0, 0.05) is 6.54 Å². The highest BCUT2D eigenvalue weighted by Gasteiger charge is 2.04.